The van der Waals surface area contributed by atoms with Crippen LogP contribution in [0.25, 0.3) is 21.9 Å². The Morgan fingerprint density at radius 1 is 1.33 bits per heavy atom. The molecule has 30 heavy (non-hydrogen) atoms. The number of anilines is 1. The number of thioether (sulfide) groups is 1. The molecule has 4 rings (SSSR count). The lowest BCUT2D eigenvalue weighted by molar-refractivity contribution is -0.129. The van der Waals surface area contributed by atoms with Crippen LogP contribution < -0.4 is 5.73 Å². The second-order valence-corrected chi connectivity index (χ2v) is 9.60. The molecule has 160 valence electrons. The molecule has 0 bridgehead atoms. The number of carbonyl (C=O) groups is 1. The van der Waals surface area contributed by atoms with Crippen LogP contribution in [-0.4, -0.2) is 54.2 Å². The standard InChI is InChI=1S/C22H29N5O2S/c1-4-17-25-19-20(27(17)12-22(2,3)29)15-7-5-14(11-16(15)24-21(19)23)6-8-18(28)26-9-10-30-13-26/h5,7,11,29H,4,6,8-10,12-13H2,1-3H3,(H2,23,24). The van der Waals surface area contributed by atoms with Crippen LogP contribution >= 0.6 is 11.8 Å². The van der Waals surface area contributed by atoms with Gasteiger partial charge < -0.3 is 20.3 Å². The number of pyridine rings is 1. The van der Waals surface area contributed by atoms with Gasteiger partial charge in [0.1, 0.15) is 11.3 Å². The van der Waals surface area contributed by atoms with Crippen LogP contribution in [0.3, 0.4) is 0 Å². The average molecular weight is 428 g/mol. The monoisotopic (exact) mass is 427 g/mol. The summed E-state index contributed by atoms with van der Waals surface area (Å²) in [6.07, 6.45) is 1.92. The third-order valence-corrected chi connectivity index (χ3v) is 6.41. The lowest BCUT2D eigenvalue weighted by atomic mass is 10.0. The number of nitrogens with zero attached hydrogens (tertiary/aromatic N) is 4. The van der Waals surface area contributed by atoms with Gasteiger partial charge in [-0.05, 0) is 31.9 Å². The number of carbonyl (C=O) groups excluding carboxylic acids is 1. The van der Waals surface area contributed by atoms with E-state index in [9.17, 15) is 9.90 Å². The first-order chi connectivity index (χ1) is 14.3. The molecule has 0 atom stereocenters. The fourth-order valence-corrected chi connectivity index (χ4v) is 4.98. The molecule has 1 amide bonds. The van der Waals surface area contributed by atoms with Crippen LogP contribution in [0, 0.1) is 0 Å². The molecule has 0 unspecified atom stereocenters. The molecule has 0 aliphatic carbocycles. The van der Waals surface area contributed by atoms with Crippen molar-refractivity contribution >= 4 is 45.4 Å². The Balaban J connectivity index is 1.71. The number of hydrogen-bond donors (Lipinski definition) is 2. The number of nitrogens with two attached hydrogens (primary N) is 1. The number of amides is 1. The lowest BCUT2D eigenvalue weighted by Crippen LogP contribution is -2.27. The summed E-state index contributed by atoms with van der Waals surface area (Å²) in [7, 11) is 0. The van der Waals surface area contributed by atoms with Crippen LogP contribution in [-0.2, 0) is 24.2 Å². The maximum absolute atomic E-state index is 12.4. The molecule has 1 aliphatic heterocycles. The van der Waals surface area contributed by atoms with Gasteiger partial charge in [-0.2, -0.15) is 0 Å². The molecule has 0 saturated carbocycles. The normalized spacial score (nSPS) is 14.9. The molecule has 1 fully saturated rings. The SMILES string of the molecule is CCc1nc2c(N)nc3cc(CCC(=O)N4CCSC4)ccc3c2n1CC(C)(C)O. The number of aromatic nitrogens is 3. The number of rotatable bonds is 6. The molecule has 1 saturated heterocycles. The molecular formula is C22H29N5O2S. The summed E-state index contributed by atoms with van der Waals surface area (Å²) in [5.74, 6) is 3.31. The Kier molecular flexibility index (Phi) is 5.63. The van der Waals surface area contributed by atoms with E-state index in [0.717, 1.165) is 52.4 Å². The average Bonchev–Trinajstić information content (AvgIpc) is 3.34. The highest BCUT2D eigenvalue weighted by Crippen LogP contribution is 2.31. The van der Waals surface area contributed by atoms with Crippen molar-refractivity contribution in [2.75, 3.05) is 23.9 Å². The highest BCUT2D eigenvalue weighted by atomic mass is 32.2. The van der Waals surface area contributed by atoms with Gasteiger partial charge >= 0.3 is 0 Å². The van der Waals surface area contributed by atoms with Gasteiger partial charge in [0.2, 0.25) is 5.91 Å². The van der Waals surface area contributed by atoms with E-state index in [1.54, 1.807) is 25.6 Å². The van der Waals surface area contributed by atoms with Gasteiger partial charge in [0.05, 0.1) is 29.1 Å². The van der Waals surface area contributed by atoms with E-state index in [0.29, 0.717) is 30.7 Å². The molecule has 7 nitrogen and oxygen atoms in total. The van der Waals surface area contributed by atoms with E-state index in [2.05, 4.69) is 15.6 Å². The largest absolute Gasteiger partial charge is 0.389 e. The van der Waals surface area contributed by atoms with Gasteiger partial charge in [0.15, 0.2) is 5.82 Å². The van der Waals surface area contributed by atoms with E-state index in [1.165, 1.54) is 0 Å². The summed E-state index contributed by atoms with van der Waals surface area (Å²) >= 11 is 1.80. The minimum atomic E-state index is -0.879. The first-order valence-electron chi connectivity index (χ1n) is 10.4. The number of benzene rings is 1. The third-order valence-electron chi connectivity index (χ3n) is 5.44. The summed E-state index contributed by atoms with van der Waals surface area (Å²) in [5, 5.41) is 11.4. The smallest absolute Gasteiger partial charge is 0.223 e. The zero-order valence-corrected chi connectivity index (χ0v) is 18.6. The first kappa shape index (κ1) is 20.9. The Morgan fingerprint density at radius 2 is 2.13 bits per heavy atom. The van der Waals surface area contributed by atoms with Gasteiger partial charge in [-0.15, -0.1) is 11.8 Å². The predicted octanol–water partition coefficient (Wildman–Crippen LogP) is 2.97. The zero-order chi connectivity index (χ0) is 21.5. The molecule has 0 radical (unpaired) electrons. The van der Waals surface area contributed by atoms with E-state index in [1.807, 2.05) is 24.0 Å². The summed E-state index contributed by atoms with van der Waals surface area (Å²) < 4.78 is 2.06. The van der Waals surface area contributed by atoms with Gasteiger partial charge in [-0.25, -0.2) is 9.97 Å². The second-order valence-electron chi connectivity index (χ2n) is 8.52. The van der Waals surface area contributed by atoms with E-state index in [4.69, 9.17) is 10.7 Å². The summed E-state index contributed by atoms with van der Waals surface area (Å²) in [4.78, 5) is 23.6. The van der Waals surface area contributed by atoms with Crippen molar-refractivity contribution < 1.29 is 9.90 Å². The fraction of sp³-hybridized carbons (Fsp3) is 0.500. The number of imidazole rings is 1. The van der Waals surface area contributed by atoms with Crippen LogP contribution in [0.5, 0.6) is 0 Å². The molecule has 1 aliphatic rings. The Morgan fingerprint density at radius 3 is 2.80 bits per heavy atom. The number of aryl methyl sites for hydroxylation is 2. The van der Waals surface area contributed by atoms with Crippen LogP contribution in [0.2, 0.25) is 0 Å². The Labute approximate surface area is 180 Å². The third kappa shape index (κ3) is 4.11. The maximum Gasteiger partial charge on any atom is 0.223 e. The molecule has 1 aromatic carbocycles. The highest BCUT2D eigenvalue weighted by molar-refractivity contribution is 7.99. The van der Waals surface area contributed by atoms with Crippen LogP contribution in [0.15, 0.2) is 18.2 Å². The van der Waals surface area contributed by atoms with Crippen LogP contribution in [0.1, 0.15) is 38.6 Å². The molecule has 2 aromatic heterocycles. The zero-order valence-electron chi connectivity index (χ0n) is 17.8. The second kappa shape index (κ2) is 8.07. The van der Waals surface area contributed by atoms with Crippen molar-refractivity contribution in [3.8, 4) is 0 Å². The van der Waals surface area contributed by atoms with E-state index in [-0.39, 0.29) is 5.91 Å². The topological polar surface area (TPSA) is 97.3 Å². The summed E-state index contributed by atoms with van der Waals surface area (Å²) in [6.45, 7) is 6.90. The minimum Gasteiger partial charge on any atom is -0.389 e. The van der Waals surface area contributed by atoms with E-state index >= 15 is 0 Å². The maximum atomic E-state index is 12.4. The van der Waals surface area contributed by atoms with Crippen LogP contribution in [0.4, 0.5) is 5.82 Å². The van der Waals surface area contributed by atoms with Gasteiger partial charge in [-0.1, -0.05) is 19.1 Å². The number of fused-ring (bicyclic) bond motifs is 3. The van der Waals surface area contributed by atoms with E-state index < -0.39 is 5.60 Å². The highest BCUT2D eigenvalue weighted by Gasteiger charge is 2.22. The molecule has 3 N–H and O–H groups in total. The van der Waals surface area contributed by atoms with Crippen molar-refractivity contribution in [1.82, 2.24) is 19.4 Å². The van der Waals surface area contributed by atoms with Crippen molar-refractivity contribution in [3.05, 3.63) is 29.6 Å². The molecule has 8 heteroatoms. The quantitative estimate of drug-likeness (QED) is 0.628. The fourth-order valence-electron chi connectivity index (χ4n) is 4.01. The van der Waals surface area contributed by atoms with Crippen molar-refractivity contribution in [2.24, 2.45) is 0 Å². The molecular weight excluding hydrogens is 398 g/mol. The molecule has 0 spiro atoms. The van der Waals surface area contributed by atoms with Gasteiger partial charge in [0.25, 0.3) is 0 Å². The predicted molar refractivity (Wildman–Crippen MR) is 122 cm³/mol. The molecule has 3 heterocycles. The number of aliphatic hydroxyl groups is 1. The van der Waals surface area contributed by atoms with Gasteiger partial charge in [0, 0.05) is 30.5 Å². The molecule has 3 aromatic rings. The number of nitrogen functional groups attached to an aromatic ring is 1. The summed E-state index contributed by atoms with van der Waals surface area (Å²) in [6, 6.07) is 6.11. The lowest BCUT2D eigenvalue weighted by Gasteiger charge is -2.20. The Hall–Kier alpha value is -2.32. The van der Waals surface area contributed by atoms with Crippen molar-refractivity contribution in [3.63, 3.8) is 0 Å². The minimum absolute atomic E-state index is 0.207. The Bertz CT molecular complexity index is 1100. The van der Waals surface area contributed by atoms with Gasteiger partial charge in [-0.3, -0.25) is 4.79 Å². The number of hydrogen-bond acceptors (Lipinski definition) is 6. The van der Waals surface area contributed by atoms with Crippen molar-refractivity contribution in [2.45, 2.75) is 52.2 Å². The first-order valence-corrected chi connectivity index (χ1v) is 11.6. The van der Waals surface area contributed by atoms with Crippen molar-refractivity contribution in [1.29, 1.82) is 0 Å². The summed E-state index contributed by atoms with van der Waals surface area (Å²) in [5.41, 5.74) is 8.84.